The molecule has 0 radical (unpaired) electrons. The van der Waals surface area contributed by atoms with Gasteiger partial charge in [0.25, 0.3) is 5.91 Å². The van der Waals surface area contributed by atoms with Crippen LogP contribution in [-0.2, 0) is 6.42 Å². The van der Waals surface area contributed by atoms with Crippen molar-refractivity contribution in [3.8, 4) is 5.75 Å². The summed E-state index contributed by atoms with van der Waals surface area (Å²) in [5.74, 6) is 0.966. The second-order valence-corrected chi connectivity index (χ2v) is 9.90. The maximum Gasteiger partial charge on any atom is 0.258 e. The summed E-state index contributed by atoms with van der Waals surface area (Å²) in [7, 11) is 2.24. The Morgan fingerprint density at radius 3 is 2.50 bits per heavy atom. The molecule has 170 valence electrons. The van der Waals surface area contributed by atoms with Crippen molar-refractivity contribution >= 4 is 17.3 Å². The second-order valence-electron chi connectivity index (χ2n) is 9.90. The van der Waals surface area contributed by atoms with Crippen LogP contribution in [0.15, 0.2) is 42.5 Å². The van der Waals surface area contributed by atoms with E-state index in [1.807, 2.05) is 23.1 Å². The van der Waals surface area contributed by atoms with Crippen molar-refractivity contribution in [2.24, 2.45) is 5.41 Å². The predicted molar refractivity (Wildman–Crippen MR) is 130 cm³/mol. The smallest absolute Gasteiger partial charge is 0.258 e. The lowest BCUT2D eigenvalue weighted by Crippen LogP contribution is -2.37. The number of likely N-dealkylation sites (tertiary alicyclic amines) is 1. The zero-order valence-electron chi connectivity index (χ0n) is 19.5. The average molecular weight is 434 g/mol. The molecule has 0 N–H and O–H groups in total. The lowest BCUT2D eigenvalue weighted by Gasteiger charge is -2.30. The van der Waals surface area contributed by atoms with Gasteiger partial charge in [0.05, 0.1) is 6.61 Å². The SMILES string of the molecule is CCCCOc1ccc2c(c1)CCN(c1ccc(N3CCC4(CCN(C)C4)C3)cc1)C2=O. The zero-order chi connectivity index (χ0) is 22.1. The number of hydrogen-bond donors (Lipinski definition) is 0. The number of unbranched alkanes of at least 4 members (excludes halogenated alkanes) is 1. The van der Waals surface area contributed by atoms with Gasteiger partial charge in [-0.15, -0.1) is 0 Å². The number of amides is 1. The Morgan fingerprint density at radius 1 is 0.969 bits per heavy atom. The van der Waals surface area contributed by atoms with E-state index in [0.717, 1.165) is 61.5 Å². The van der Waals surface area contributed by atoms with Crippen molar-refractivity contribution in [2.45, 2.75) is 39.0 Å². The van der Waals surface area contributed by atoms with Crippen molar-refractivity contribution in [3.63, 3.8) is 0 Å². The lowest BCUT2D eigenvalue weighted by molar-refractivity contribution is 0.0980. The number of ether oxygens (including phenoxy) is 1. The third kappa shape index (κ3) is 4.11. The number of fused-ring (bicyclic) bond motifs is 1. The van der Waals surface area contributed by atoms with E-state index in [1.54, 1.807) is 0 Å². The Morgan fingerprint density at radius 2 is 1.75 bits per heavy atom. The van der Waals surface area contributed by atoms with Gasteiger partial charge in [0.15, 0.2) is 0 Å². The molecule has 2 saturated heterocycles. The van der Waals surface area contributed by atoms with E-state index in [1.165, 1.54) is 31.6 Å². The normalized spacial score (nSPS) is 23.2. The van der Waals surface area contributed by atoms with Crippen molar-refractivity contribution in [1.82, 2.24) is 4.90 Å². The number of carbonyl (C=O) groups excluding carboxylic acids is 1. The molecular formula is C27H35N3O2. The van der Waals surface area contributed by atoms with Gasteiger partial charge in [0.2, 0.25) is 0 Å². The highest BCUT2D eigenvalue weighted by Crippen LogP contribution is 2.41. The highest BCUT2D eigenvalue weighted by atomic mass is 16.5. The average Bonchev–Trinajstić information content (AvgIpc) is 3.39. The number of benzene rings is 2. The summed E-state index contributed by atoms with van der Waals surface area (Å²) in [6, 6.07) is 14.5. The molecule has 3 aliphatic rings. The summed E-state index contributed by atoms with van der Waals surface area (Å²) < 4.78 is 5.83. The minimum absolute atomic E-state index is 0.0910. The van der Waals surface area contributed by atoms with Gasteiger partial charge in [0, 0.05) is 48.5 Å². The largest absolute Gasteiger partial charge is 0.494 e. The van der Waals surface area contributed by atoms with Crippen LogP contribution < -0.4 is 14.5 Å². The highest BCUT2D eigenvalue weighted by molar-refractivity contribution is 6.08. The molecule has 1 unspecified atom stereocenters. The van der Waals surface area contributed by atoms with Crippen molar-refractivity contribution in [2.75, 3.05) is 56.2 Å². The highest BCUT2D eigenvalue weighted by Gasteiger charge is 2.42. The Bertz CT molecular complexity index is 973. The number of rotatable bonds is 6. The molecule has 0 aromatic heterocycles. The van der Waals surface area contributed by atoms with Gasteiger partial charge in [-0.05, 0) is 87.3 Å². The fourth-order valence-corrected chi connectivity index (χ4v) is 5.63. The Kier molecular flexibility index (Phi) is 5.85. The zero-order valence-corrected chi connectivity index (χ0v) is 19.5. The summed E-state index contributed by atoms with van der Waals surface area (Å²) in [4.78, 5) is 20.1. The van der Waals surface area contributed by atoms with E-state index in [2.05, 4.69) is 48.0 Å². The fourth-order valence-electron chi connectivity index (χ4n) is 5.63. The van der Waals surface area contributed by atoms with Gasteiger partial charge in [-0.3, -0.25) is 4.79 Å². The molecule has 0 aliphatic carbocycles. The maximum atomic E-state index is 13.2. The lowest BCUT2D eigenvalue weighted by atomic mass is 9.86. The topological polar surface area (TPSA) is 36.0 Å². The van der Waals surface area contributed by atoms with Gasteiger partial charge in [0.1, 0.15) is 5.75 Å². The van der Waals surface area contributed by atoms with Gasteiger partial charge in [-0.25, -0.2) is 0 Å². The molecule has 0 saturated carbocycles. The minimum atomic E-state index is 0.0910. The summed E-state index contributed by atoms with van der Waals surface area (Å²) in [5.41, 5.74) is 4.64. The van der Waals surface area contributed by atoms with E-state index < -0.39 is 0 Å². The first kappa shape index (κ1) is 21.3. The molecule has 5 nitrogen and oxygen atoms in total. The summed E-state index contributed by atoms with van der Waals surface area (Å²) in [6.07, 6.45) is 5.62. The van der Waals surface area contributed by atoms with Crippen LogP contribution in [0.25, 0.3) is 0 Å². The molecule has 5 rings (SSSR count). The van der Waals surface area contributed by atoms with Gasteiger partial charge >= 0.3 is 0 Å². The summed E-state index contributed by atoms with van der Waals surface area (Å²) in [5, 5.41) is 0. The standard InChI is InChI=1S/C27H35N3O2/c1-3-4-17-32-24-9-10-25-21(18-24)11-14-30(26(25)31)23-7-5-22(6-8-23)29-16-13-27(20-29)12-15-28(2)19-27/h5-10,18H,3-4,11-17,19-20H2,1-2H3. The van der Waals surface area contributed by atoms with Crippen molar-refractivity contribution < 1.29 is 9.53 Å². The van der Waals surface area contributed by atoms with Crippen LogP contribution in [0.1, 0.15) is 48.5 Å². The molecular weight excluding hydrogens is 398 g/mol. The van der Waals surface area contributed by atoms with E-state index in [-0.39, 0.29) is 5.91 Å². The first-order chi connectivity index (χ1) is 15.6. The molecule has 1 spiro atoms. The Labute approximate surface area is 191 Å². The van der Waals surface area contributed by atoms with Crippen LogP contribution in [0.5, 0.6) is 5.75 Å². The van der Waals surface area contributed by atoms with Crippen LogP contribution in [0.2, 0.25) is 0 Å². The Balaban J connectivity index is 1.26. The molecule has 1 atom stereocenters. The predicted octanol–water partition coefficient (Wildman–Crippen LogP) is 4.60. The Hall–Kier alpha value is -2.53. The summed E-state index contributed by atoms with van der Waals surface area (Å²) >= 11 is 0. The van der Waals surface area contributed by atoms with Crippen LogP contribution in [-0.4, -0.2) is 57.2 Å². The maximum absolute atomic E-state index is 13.2. The first-order valence-corrected chi connectivity index (χ1v) is 12.2. The van der Waals surface area contributed by atoms with Crippen LogP contribution >= 0.6 is 0 Å². The third-order valence-electron chi connectivity index (χ3n) is 7.52. The van der Waals surface area contributed by atoms with Gasteiger partial charge in [-0.1, -0.05) is 13.3 Å². The van der Waals surface area contributed by atoms with E-state index >= 15 is 0 Å². The molecule has 5 heteroatoms. The molecule has 2 fully saturated rings. The van der Waals surface area contributed by atoms with Crippen LogP contribution in [0, 0.1) is 5.41 Å². The molecule has 3 aliphatic heterocycles. The van der Waals surface area contributed by atoms with E-state index in [9.17, 15) is 4.79 Å². The second kappa shape index (κ2) is 8.78. The number of hydrogen-bond acceptors (Lipinski definition) is 4. The fraction of sp³-hybridized carbons (Fsp3) is 0.519. The quantitative estimate of drug-likeness (QED) is 0.624. The minimum Gasteiger partial charge on any atom is -0.494 e. The number of anilines is 2. The van der Waals surface area contributed by atoms with E-state index in [4.69, 9.17) is 4.74 Å². The molecule has 32 heavy (non-hydrogen) atoms. The van der Waals surface area contributed by atoms with Gasteiger partial charge < -0.3 is 19.4 Å². The number of nitrogens with zero attached hydrogens (tertiary/aromatic N) is 3. The number of carbonyl (C=O) groups is 1. The van der Waals surface area contributed by atoms with Gasteiger partial charge in [-0.2, -0.15) is 0 Å². The molecule has 2 aromatic carbocycles. The van der Waals surface area contributed by atoms with E-state index in [0.29, 0.717) is 12.0 Å². The van der Waals surface area contributed by atoms with Crippen LogP contribution in [0.3, 0.4) is 0 Å². The first-order valence-electron chi connectivity index (χ1n) is 12.2. The van der Waals surface area contributed by atoms with Crippen molar-refractivity contribution in [1.29, 1.82) is 0 Å². The van der Waals surface area contributed by atoms with Crippen molar-refractivity contribution in [3.05, 3.63) is 53.6 Å². The summed E-state index contributed by atoms with van der Waals surface area (Å²) in [6.45, 7) is 8.32. The van der Waals surface area contributed by atoms with Crippen LogP contribution in [0.4, 0.5) is 11.4 Å². The monoisotopic (exact) mass is 433 g/mol. The molecule has 3 heterocycles. The molecule has 0 bridgehead atoms. The molecule has 2 aromatic rings. The third-order valence-corrected chi connectivity index (χ3v) is 7.52. The molecule has 1 amide bonds.